The van der Waals surface area contributed by atoms with E-state index in [0.717, 1.165) is 0 Å². The van der Waals surface area contributed by atoms with Crippen LogP contribution in [0, 0.1) is 0 Å². The molecule has 1 aromatic carbocycles. The largest absolute Gasteiger partial charge is 0.495 e. The van der Waals surface area contributed by atoms with Gasteiger partial charge in [0.1, 0.15) is 24.2 Å². The second kappa shape index (κ2) is 8.14. The molecule has 2 heterocycles. The third-order valence-corrected chi connectivity index (χ3v) is 4.18. The van der Waals surface area contributed by atoms with Crippen LogP contribution in [-0.4, -0.2) is 29.6 Å². The Bertz CT molecular complexity index is 1010. The van der Waals surface area contributed by atoms with Crippen molar-refractivity contribution in [1.82, 2.24) is 15.6 Å². The SMILES string of the molecule is COc1cn(CC(=O)OC(C)(C)C)c(=O)cc1-c1cc(Cl)ccc1N1C=NNN1. The van der Waals surface area contributed by atoms with Crippen molar-refractivity contribution in [2.45, 2.75) is 32.9 Å². The molecule has 10 heteroatoms. The zero-order valence-corrected chi connectivity index (χ0v) is 17.3. The zero-order chi connectivity index (χ0) is 21.2. The lowest BCUT2D eigenvalue weighted by Gasteiger charge is -2.21. The molecule has 0 fully saturated rings. The van der Waals surface area contributed by atoms with Gasteiger partial charge in [0, 0.05) is 22.2 Å². The van der Waals surface area contributed by atoms with E-state index in [1.54, 1.807) is 50.3 Å². The van der Waals surface area contributed by atoms with Crippen molar-refractivity contribution in [3.05, 3.63) is 45.8 Å². The first-order chi connectivity index (χ1) is 13.7. The number of halogens is 1. The number of hydrogen-bond donors (Lipinski definition) is 2. The van der Waals surface area contributed by atoms with Gasteiger partial charge in [-0.15, -0.1) is 5.53 Å². The van der Waals surface area contributed by atoms with Gasteiger partial charge < -0.3 is 14.0 Å². The van der Waals surface area contributed by atoms with Crippen LogP contribution < -0.4 is 26.4 Å². The minimum atomic E-state index is -0.640. The first kappa shape index (κ1) is 20.7. The van der Waals surface area contributed by atoms with Crippen molar-refractivity contribution >= 4 is 29.6 Å². The lowest BCUT2D eigenvalue weighted by molar-refractivity contribution is -0.155. The monoisotopic (exact) mass is 419 g/mol. The van der Waals surface area contributed by atoms with Crippen LogP contribution in [0.5, 0.6) is 5.75 Å². The number of hydrogen-bond acceptors (Lipinski definition) is 8. The molecule has 0 atom stereocenters. The second-order valence-electron chi connectivity index (χ2n) is 7.31. The molecule has 0 radical (unpaired) electrons. The predicted molar refractivity (Wildman–Crippen MR) is 111 cm³/mol. The molecule has 9 nitrogen and oxygen atoms in total. The predicted octanol–water partition coefficient (Wildman–Crippen LogP) is 2.29. The van der Waals surface area contributed by atoms with Crippen molar-refractivity contribution < 1.29 is 14.3 Å². The van der Waals surface area contributed by atoms with Crippen molar-refractivity contribution in [2.24, 2.45) is 5.10 Å². The number of hydrazone groups is 1. The Balaban J connectivity index is 2.03. The highest BCUT2D eigenvalue weighted by molar-refractivity contribution is 6.31. The summed E-state index contributed by atoms with van der Waals surface area (Å²) in [6.07, 6.45) is 3.03. The third-order valence-electron chi connectivity index (χ3n) is 3.95. The van der Waals surface area contributed by atoms with E-state index >= 15 is 0 Å². The minimum absolute atomic E-state index is 0.223. The van der Waals surface area contributed by atoms with Crippen LogP contribution in [0.25, 0.3) is 11.1 Å². The standard InChI is InChI=1S/C19H22ClN5O4/c1-19(2,3)29-18(27)10-24-9-16(28-4)14(8-17(24)26)13-7-12(20)5-6-15(13)25-11-21-22-23-25/h5-9,11,22-23H,10H2,1-4H3. The van der Waals surface area contributed by atoms with Crippen molar-refractivity contribution in [2.75, 3.05) is 12.1 Å². The Hall–Kier alpha value is -3.04. The highest BCUT2D eigenvalue weighted by atomic mass is 35.5. The van der Waals surface area contributed by atoms with Gasteiger partial charge in [-0.2, -0.15) is 5.10 Å². The van der Waals surface area contributed by atoms with Gasteiger partial charge in [-0.05, 0) is 39.0 Å². The van der Waals surface area contributed by atoms with Crippen molar-refractivity contribution in [3.63, 3.8) is 0 Å². The van der Waals surface area contributed by atoms with Crippen LogP contribution in [0.2, 0.25) is 5.02 Å². The van der Waals surface area contributed by atoms with Gasteiger partial charge in [-0.25, -0.2) is 10.5 Å². The Morgan fingerprint density at radius 3 is 2.62 bits per heavy atom. The van der Waals surface area contributed by atoms with E-state index in [1.807, 2.05) is 0 Å². The number of nitrogens with one attached hydrogen (secondary N) is 2. The molecule has 2 N–H and O–H groups in total. The molecule has 3 rings (SSSR count). The Morgan fingerprint density at radius 1 is 1.24 bits per heavy atom. The lowest BCUT2D eigenvalue weighted by atomic mass is 10.0. The van der Waals surface area contributed by atoms with Crippen LogP contribution >= 0.6 is 11.6 Å². The number of aromatic nitrogens is 1. The topological polar surface area (TPSA) is 97.2 Å². The van der Waals surface area contributed by atoms with Crippen LogP contribution in [0.1, 0.15) is 20.8 Å². The molecule has 2 aromatic rings. The number of carbonyl (C=O) groups excluding carboxylic acids is 1. The summed E-state index contributed by atoms with van der Waals surface area (Å²) < 4.78 is 12.0. The molecular weight excluding hydrogens is 398 g/mol. The average Bonchev–Trinajstić information content (AvgIpc) is 3.16. The third kappa shape index (κ3) is 4.87. The number of ether oxygens (including phenoxy) is 2. The lowest BCUT2D eigenvalue weighted by Crippen LogP contribution is -2.37. The molecule has 154 valence electrons. The maximum Gasteiger partial charge on any atom is 0.326 e. The first-order valence-corrected chi connectivity index (χ1v) is 9.19. The van der Waals surface area contributed by atoms with E-state index in [4.69, 9.17) is 21.1 Å². The molecule has 0 saturated carbocycles. The summed E-state index contributed by atoms with van der Waals surface area (Å²) in [6, 6.07) is 6.64. The van der Waals surface area contributed by atoms with E-state index < -0.39 is 11.6 Å². The Morgan fingerprint density at radius 2 is 2.00 bits per heavy atom. The van der Waals surface area contributed by atoms with Crippen LogP contribution in [0.3, 0.4) is 0 Å². The van der Waals surface area contributed by atoms with Gasteiger partial charge in [0.05, 0.1) is 19.0 Å². The van der Waals surface area contributed by atoms with Gasteiger partial charge >= 0.3 is 5.97 Å². The second-order valence-corrected chi connectivity index (χ2v) is 7.74. The number of pyridine rings is 1. The highest BCUT2D eigenvalue weighted by Crippen LogP contribution is 2.37. The molecule has 0 bridgehead atoms. The average molecular weight is 420 g/mol. The maximum atomic E-state index is 12.7. The van der Waals surface area contributed by atoms with E-state index in [1.165, 1.54) is 23.9 Å². The normalized spacial score (nSPS) is 13.3. The van der Waals surface area contributed by atoms with Gasteiger partial charge in [0.15, 0.2) is 0 Å². The molecule has 0 aliphatic carbocycles. The summed E-state index contributed by atoms with van der Waals surface area (Å²) in [6.45, 7) is 5.08. The zero-order valence-electron chi connectivity index (χ0n) is 16.5. The van der Waals surface area contributed by atoms with E-state index in [0.29, 0.717) is 27.6 Å². The summed E-state index contributed by atoms with van der Waals surface area (Å²) in [5.41, 5.74) is 6.32. The van der Waals surface area contributed by atoms with Gasteiger partial charge in [0.2, 0.25) is 0 Å². The number of nitrogens with zero attached hydrogens (tertiary/aromatic N) is 3. The van der Waals surface area contributed by atoms with Gasteiger partial charge in [-0.3, -0.25) is 9.59 Å². The van der Waals surface area contributed by atoms with Gasteiger partial charge in [0.25, 0.3) is 5.56 Å². The van der Waals surface area contributed by atoms with Crippen molar-refractivity contribution in [3.8, 4) is 16.9 Å². The minimum Gasteiger partial charge on any atom is -0.495 e. The van der Waals surface area contributed by atoms with Crippen LogP contribution in [0.15, 0.2) is 40.4 Å². The van der Waals surface area contributed by atoms with Crippen LogP contribution in [-0.2, 0) is 16.1 Å². The van der Waals surface area contributed by atoms with E-state index in [9.17, 15) is 9.59 Å². The Labute approximate surface area is 172 Å². The van der Waals surface area contributed by atoms with E-state index in [-0.39, 0.29) is 12.1 Å². The summed E-state index contributed by atoms with van der Waals surface area (Å²) >= 11 is 6.20. The van der Waals surface area contributed by atoms with E-state index in [2.05, 4.69) is 16.2 Å². The van der Waals surface area contributed by atoms with Crippen LogP contribution in [0.4, 0.5) is 5.69 Å². The number of benzene rings is 1. The number of anilines is 1. The fraction of sp³-hybridized carbons (Fsp3) is 0.316. The molecule has 29 heavy (non-hydrogen) atoms. The molecule has 1 aliphatic rings. The molecule has 1 aliphatic heterocycles. The quantitative estimate of drug-likeness (QED) is 0.717. The van der Waals surface area contributed by atoms with Crippen molar-refractivity contribution in [1.29, 1.82) is 0 Å². The number of rotatable bonds is 5. The fourth-order valence-electron chi connectivity index (χ4n) is 2.82. The number of carbonyl (C=O) groups is 1. The Kier molecular flexibility index (Phi) is 5.81. The number of esters is 1. The summed E-state index contributed by atoms with van der Waals surface area (Å²) in [7, 11) is 1.49. The van der Waals surface area contributed by atoms with Gasteiger partial charge in [-0.1, -0.05) is 11.6 Å². The highest BCUT2D eigenvalue weighted by Gasteiger charge is 2.21. The summed E-state index contributed by atoms with van der Waals surface area (Å²) in [5.74, 6) is -0.109. The fourth-order valence-corrected chi connectivity index (χ4v) is 2.99. The molecule has 0 saturated heterocycles. The molecule has 1 aromatic heterocycles. The molecule has 0 unspecified atom stereocenters. The molecular formula is C19H22ClN5O4. The summed E-state index contributed by atoms with van der Waals surface area (Å²) in [5, 5.41) is 6.02. The maximum absolute atomic E-state index is 12.7. The number of methoxy groups -OCH3 is 1. The number of hydrazine groups is 2. The molecule has 0 spiro atoms. The summed E-state index contributed by atoms with van der Waals surface area (Å²) in [4.78, 5) is 24.8. The smallest absolute Gasteiger partial charge is 0.326 e. The first-order valence-electron chi connectivity index (χ1n) is 8.81. The molecule has 0 amide bonds.